The summed E-state index contributed by atoms with van der Waals surface area (Å²) in [5.74, 6) is -0.204. The number of aromatic nitrogens is 2. The summed E-state index contributed by atoms with van der Waals surface area (Å²) in [7, 11) is 0. The lowest BCUT2D eigenvalue weighted by Crippen LogP contribution is -2.32. The molecule has 0 saturated heterocycles. The van der Waals surface area contributed by atoms with Gasteiger partial charge >= 0.3 is 0 Å². The van der Waals surface area contributed by atoms with Crippen molar-refractivity contribution in [3.05, 3.63) is 28.8 Å². The molecule has 0 unspecified atom stereocenters. The van der Waals surface area contributed by atoms with Gasteiger partial charge in [0.05, 0.1) is 11.0 Å². The monoisotopic (exact) mass is 264 g/mol. The number of rotatable bonds is 1. The third kappa shape index (κ3) is 1.79. The highest BCUT2D eigenvalue weighted by atomic mass is 32.1. The van der Waals surface area contributed by atoms with E-state index in [0.29, 0.717) is 4.77 Å². The molecule has 0 aliphatic heterocycles. The van der Waals surface area contributed by atoms with E-state index in [0.717, 1.165) is 23.9 Å². The zero-order valence-corrected chi connectivity index (χ0v) is 11.3. The van der Waals surface area contributed by atoms with E-state index in [9.17, 15) is 4.39 Å². The van der Waals surface area contributed by atoms with Crippen LogP contribution in [0.5, 0.6) is 0 Å². The van der Waals surface area contributed by atoms with Crippen LogP contribution in [0, 0.1) is 10.6 Å². The summed E-state index contributed by atoms with van der Waals surface area (Å²) in [6, 6.07) is 4.83. The van der Waals surface area contributed by atoms with Gasteiger partial charge in [-0.05, 0) is 50.2 Å². The Morgan fingerprint density at radius 1 is 1.28 bits per heavy atom. The van der Waals surface area contributed by atoms with Gasteiger partial charge in [0.1, 0.15) is 5.82 Å². The van der Waals surface area contributed by atoms with Gasteiger partial charge in [-0.25, -0.2) is 4.39 Å². The second kappa shape index (κ2) is 4.19. The molecule has 1 saturated carbocycles. The van der Waals surface area contributed by atoms with Gasteiger partial charge in [-0.3, -0.25) is 0 Å². The van der Waals surface area contributed by atoms with Crippen LogP contribution in [0.2, 0.25) is 0 Å². The first kappa shape index (κ1) is 11.9. The molecule has 0 atom stereocenters. The van der Waals surface area contributed by atoms with Crippen molar-refractivity contribution in [2.45, 2.75) is 44.6 Å². The van der Waals surface area contributed by atoms with E-state index in [4.69, 9.17) is 12.2 Å². The molecule has 1 fully saturated rings. The molecule has 0 bridgehead atoms. The summed E-state index contributed by atoms with van der Waals surface area (Å²) in [5, 5.41) is 0. The largest absolute Gasteiger partial charge is 0.331 e. The van der Waals surface area contributed by atoms with Crippen LogP contribution in [0.4, 0.5) is 4.39 Å². The van der Waals surface area contributed by atoms with Crippen molar-refractivity contribution in [2.24, 2.45) is 0 Å². The number of nitrogens with one attached hydrogen (secondary N) is 1. The molecule has 2 nitrogen and oxygen atoms in total. The van der Waals surface area contributed by atoms with Crippen LogP contribution >= 0.6 is 12.2 Å². The molecule has 96 valence electrons. The lowest BCUT2D eigenvalue weighted by atomic mass is 9.83. The minimum Gasteiger partial charge on any atom is -0.331 e. The second-order valence-electron chi connectivity index (χ2n) is 5.48. The normalized spacial score (nSPS) is 19.2. The fourth-order valence-corrected chi connectivity index (χ4v) is 3.58. The van der Waals surface area contributed by atoms with Gasteiger partial charge in [0.2, 0.25) is 0 Å². The SMILES string of the molecule is CC1(n2c(=S)[nH]c3ccc(F)cc32)CCCCC1. The second-order valence-corrected chi connectivity index (χ2v) is 5.87. The Kier molecular flexibility index (Phi) is 2.77. The van der Waals surface area contributed by atoms with Crippen LogP contribution in [0.25, 0.3) is 11.0 Å². The fraction of sp³-hybridized carbons (Fsp3) is 0.500. The van der Waals surface area contributed by atoms with E-state index in [1.807, 2.05) is 0 Å². The summed E-state index contributed by atoms with van der Waals surface area (Å²) >= 11 is 5.43. The van der Waals surface area contributed by atoms with Crippen LogP contribution in [0.3, 0.4) is 0 Å². The van der Waals surface area contributed by atoms with Crippen LogP contribution in [-0.2, 0) is 5.54 Å². The number of hydrogen-bond donors (Lipinski definition) is 1. The Bertz CT molecular complexity index is 635. The van der Waals surface area contributed by atoms with Crippen LogP contribution in [0.15, 0.2) is 18.2 Å². The molecule has 1 aliphatic carbocycles. The lowest BCUT2D eigenvalue weighted by molar-refractivity contribution is 0.222. The lowest BCUT2D eigenvalue weighted by Gasteiger charge is -2.35. The van der Waals surface area contributed by atoms with Crippen LogP contribution in [0.1, 0.15) is 39.0 Å². The van der Waals surface area contributed by atoms with E-state index >= 15 is 0 Å². The van der Waals surface area contributed by atoms with Gasteiger partial charge in [0, 0.05) is 5.54 Å². The van der Waals surface area contributed by atoms with Gasteiger partial charge in [0.25, 0.3) is 0 Å². The summed E-state index contributed by atoms with van der Waals surface area (Å²) in [5.41, 5.74) is 1.85. The first-order chi connectivity index (χ1) is 8.60. The van der Waals surface area contributed by atoms with Gasteiger partial charge < -0.3 is 9.55 Å². The average Bonchev–Trinajstić information content (AvgIpc) is 2.66. The van der Waals surface area contributed by atoms with E-state index < -0.39 is 0 Å². The Balaban J connectivity index is 2.24. The number of benzene rings is 1. The number of hydrogen-bond acceptors (Lipinski definition) is 1. The van der Waals surface area contributed by atoms with E-state index in [2.05, 4.69) is 16.5 Å². The van der Waals surface area contributed by atoms with Crippen molar-refractivity contribution in [2.75, 3.05) is 0 Å². The molecule has 4 heteroatoms. The summed E-state index contributed by atoms with van der Waals surface area (Å²) in [6.45, 7) is 2.24. The van der Waals surface area contributed by atoms with Crippen LogP contribution < -0.4 is 0 Å². The standard InChI is InChI=1S/C14H17FN2S/c1-14(7-3-2-4-8-14)17-12-9-10(15)5-6-11(12)16-13(17)18/h5-6,9H,2-4,7-8H2,1H3,(H,16,18). The van der Waals surface area contributed by atoms with Crippen molar-refractivity contribution < 1.29 is 4.39 Å². The Morgan fingerprint density at radius 2 is 2.00 bits per heavy atom. The van der Waals surface area contributed by atoms with E-state index in [1.165, 1.54) is 25.3 Å². The molecule has 1 aliphatic rings. The maximum Gasteiger partial charge on any atom is 0.178 e. The predicted molar refractivity (Wildman–Crippen MR) is 73.8 cm³/mol. The molecule has 1 heterocycles. The van der Waals surface area contributed by atoms with Crippen molar-refractivity contribution in [1.29, 1.82) is 0 Å². The first-order valence-corrected chi connectivity index (χ1v) is 6.92. The number of imidazole rings is 1. The van der Waals surface area contributed by atoms with Crippen molar-refractivity contribution in [3.63, 3.8) is 0 Å². The highest BCUT2D eigenvalue weighted by Gasteiger charge is 2.30. The van der Waals surface area contributed by atoms with Gasteiger partial charge in [0.15, 0.2) is 4.77 Å². The molecule has 2 aromatic rings. The molecule has 3 rings (SSSR count). The van der Waals surface area contributed by atoms with Gasteiger partial charge in [-0.15, -0.1) is 0 Å². The molecular weight excluding hydrogens is 247 g/mol. The number of aromatic amines is 1. The molecule has 0 spiro atoms. The maximum absolute atomic E-state index is 13.5. The highest BCUT2D eigenvalue weighted by Crippen LogP contribution is 2.37. The van der Waals surface area contributed by atoms with E-state index in [1.54, 1.807) is 12.1 Å². The third-order valence-corrected chi connectivity index (χ3v) is 4.40. The molecule has 18 heavy (non-hydrogen) atoms. The number of halogens is 1. The quantitative estimate of drug-likeness (QED) is 0.751. The first-order valence-electron chi connectivity index (χ1n) is 6.51. The predicted octanol–water partition coefficient (Wildman–Crippen LogP) is 4.52. The smallest absolute Gasteiger partial charge is 0.178 e. The summed E-state index contributed by atoms with van der Waals surface area (Å²) < 4.78 is 16.3. The molecule has 1 aromatic carbocycles. The molecule has 0 radical (unpaired) electrons. The number of H-pyrrole nitrogens is 1. The van der Waals surface area contributed by atoms with Crippen molar-refractivity contribution >= 4 is 23.3 Å². The topological polar surface area (TPSA) is 20.7 Å². The number of nitrogens with zero attached hydrogens (tertiary/aromatic N) is 1. The Labute approximate surface area is 111 Å². The van der Waals surface area contributed by atoms with Crippen LogP contribution in [-0.4, -0.2) is 9.55 Å². The van der Waals surface area contributed by atoms with Crippen molar-refractivity contribution in [3.8, 4) is 0 Å². The molecule has 1 N–H and O–H groups in total. The zero-order valence-electron chi connectivity index (χ0n) is 10.5. The van der Waals surface area contributed by atoms with Crippen molar-refractivity contribution in [1.82, 2.24) is 9.55 Å². The van der Waals surface area contributed by atoms with Gasteiger partial charge in [-0.1, -0.05) is 19.3 Å². The average molecular weight is 264 g/mol. The third-order valence-electron chi connectivity index (χ3n) is 4.12. The zero-order chi connectivity index (χ0) is 12.8. The maximum atomic E-state index is 13.5. The Hall–Kier alpha value is -1.16. The minimum absolute atomic E-state index is 0.0291. The Morgan fingerprint density at radius 3 is 2.72 bits per heavy atom. The summed E-state index contributed by atoms with van der Waals surface area (Å²) in [4.78, 5) is 3.19. The number of fused-ring (bicyclic) bond motifs is 1. The molecular formula is C14H17FN2S. The summed E-state index contributed by atoms with van der Waals surface area (Å²) in [6.07, 6.45) is 5.97. The van der Waals surface area contributed by atoms with Gasteiger partial charge in [-0.2, -0.15) is 0 Å². The fourth-order valence-electron chi connectivity index (χ4n) is 3.15. The highest BCUT2D eigenvalue weighted by molar-refractivity contribution is 7.71. The molecule has 0 amide bonds. The minimum atomic E-state index is -0.204. The van der Waals surface area contributed by atoms with E-state index in [-0.39, 0.29) is 11.4 Å². The molecule has 1 aromatic heterocycles.